The fourth-order valence-electron chi connectivity index (χ4n) is 0.574. The highest BCUT2D eigenvalue weighted by Gasteiger charge is 1.98. The van der Waals surface area contributed by atoms with Gasteiger partial charge in [0.25, 0.3) is 0 Å². The maximum absolute atomic E-state index is 10.3. The smallest absolute Gasteiger partial charge is 0.432 e. The van der Waals surface area contributed by atoms with Crippen molar-refractivity contribution in [3.05, 3.63) is 7.11 Å². The van der Waals surface area contributed by atoms with Crippen LogP contribution in [0.2, 0.25) is 0 Å². The van der Waals surface area contributed by atoms with Gasteiger partial charge in [-0.3, -0.25) is 0 Å². The van der Waals surface area contributed by atoms with Gasteiger partial charge in [0.15, 0.2) is 0 Å². The van der Waals surface area contributed by atoms with Crippen LogP contribution < -0.4 is 0 Å². The normalized spacial score (nSPS) is 9.50. The summed E-state index contributed by atoms with van der Waals surface area (Å²) in [5.41, 5.74) is 0. The molecule has 0 fully saturated rings. The molecule has 0 atom stereocenters. The quantitative estimate of drug-likeness (QED) is 0.455. The first-order chi connectivity index (χ1) is 5.81. The zero-order valence-electron chi connectivity index (χ0n) is 7.38. The number of unbranched alkanes of at least 4 members (excludes halogenated alkanes) is 1. The van der Waals surface area contributed by atoms with Crippen molar-refractivity contribution in [3.63, 3.8) is 0 Å². The third kappa shape index (κ3) is 7.34. The Hall–Kier alpha value is -0.770. The molecular formula is C8H15O4. The van der Waals surface area contributed by atoms with Crippen molar-refractivity contribution in [3.8, 4) is 0 Å². The van der Waals surface area contributed by atoms with Gasteiger partial charge in [-0.25, -0.2) is 4.79 Å². The molecule has 0 aromatic carbocycles. The third-order valence-corrected chi connectivity index (χ3v) is 1.21. The molecule has 0 spiro atoms. The zero-order valence-corrected chi connectivity index (χ0v) is 7.38. The first-order valence-corrected chi connectivity index (χ1v) is 3.97. The lowest BCUT2D eigenvalue weighted by atomic mass is 10.4. The molecule has 1 radical (unpaired) electrons. The van der Waals surface area contributed by atoms with Gasteiger partial charge < -0.3 is 14.2 Å². The molecule has 0 heterocycles. The van der Waals surface area contributed by atoms with E-state index in [4.69, 9.17) is 4.74 Å². The Morgan fingerprint density at radius 1 is 1.33 bits per heavy atom. The predicted molar refractivity (Wildman–Crippen MR) is 43.5 cm³/mol. The van der Waals surface area contributed by atoms with Crippen LogP contribution in [0.3, 0.4) is 0 Å². The number of carbonyl (C=O) groups is 1. The van der Waals surface area contributed by atoms with Crippen molar-refractivity contribution in [2.75, 3.05) is 19.8 Å². The van der Waals surface area contributed by atoms with E-state index in [2.05, 4.69) is 23.5 Å². The van der Waals surface area contributed by atoms with E-state index in [1.54, 1.807) is 0 Å². The Bertz CT molecular complexity index is 114. The summed E-state index contributed by atoms with van der Waals surface area (Å²) in [4.78, 5) is 10.3. The molecule has 0 aliphatic heterocycles. The summed E-state index contributed by atoms with van der Waals surface area (Å²) < 4.78 is 13.6. The number of carbonyl (C=O) groups excluding carboxylic acids is 1. The summed E-state index contributed by atoms with van der Waals surface area (Å²) in [6.07, 6.45) is 1.36. The van der Waals surface area contributed by atoms with Crippen LogP contribution in [0.25, 0.3) is 0 Å². The summed E-state index contributed by atoms with van der Waals surface area (Å²) >= 11 is 0. The van der Waals surface area contributed by atoms with Crippen molar-refractivity contribution in [1.29, 1.82) is 0 Å². The van der Waals surface area contributed by atoms with Crippen LogP contribution >= 0.6 is 0 Å². The van der Waals surface area contributed by atoms with Crippen LogP contribution in [0.1, 0.15) is 19.8 Å². The Balaban J connectivity index is 2.95. The molecule has 0 rings (SSSR count). The van der Waals surface area contributed by atoms with Crippen molar-refractivity contribution in [2.24, 2.45) is 0 Å². The lowest BCUT2D eigenvalue weighted by Crippen LogP contribution is -2.10. The molecule has 71 valence electrons. The second-order valence-corrected chi connectivity index (χ2v) is 2.21. The standard InChI is InChI=1S/C8H15O4/c1-3-4-5-11-6-7-12-8(9)10-2/h2-7H2,1H3. The molecule has 0 aromatic rings. The summed E-state index contributed by atoms with van der Waals surface area (Å²) in [5.74, 6) is 0. The van der Waals surface area contributed by atoms with Crippen LogP contribution in [-0.2, 0) is 14.2 Å². The molecule has 0 bridgehead atoms. The number of rotatable bonds is 6. The lowest BCUT2D eigenvalue weighted by Gasteiger charge is -2.03. The fraction of sp³-hybridized carbons (Fsp3) is 0.750. The molecule has 0 saturated heterocycles. The molecular weight excluding hydrogens is 160 g/mol. The number of hydrogen-bond donors (Lipinski definition) is 0. The van der Waals surface area contributed by atoms with Crippen LogP contribution in [-0.4, -0.2) is 26.0 Å². The molecule has 0 unspecified atom stereocenters. The second kappa shape index (κ2) is 8.33. The first-order valence-electron chi connectivity index (χ1n) is 3.97. The van der Waals surface area contributed by atoms with E-state index in [0.29, 0.717) is 13.2 Å². The fourth-order valence-corrected chi connectivity index (χ4v) is 0.574. The van der Waals surface area contributed by atoms with Gasteiger partial charge in [0.2, 0.25) is 0 Å². The molecule has 4 heteroatoms. The van der Waals surface area contributed by atoms with E-state index in [0.717, 1.165) is 12.8 Å². The minimum absolute atomic E-state index is 0.220. The summed E-state index contributed by atoms with van der Waals surface area (Å²) in [7, 11) is 2.90. The molecule has 0 aromatic heterocycles. The van der Waals surface area contributed by atoms with Gasteiger partial charge in [-0.1, -0.05) is 13.3 Å². The molecule has 0 N–H and O–H groups in total. The van der Waals surface area contributed by atoms with Gasteiger partial charge in [0.1, 0.15) is 13.7 Å². The van der Waals surface area contributed by atoms with Crippen LogP contribution in [0.4, 0.5) is 4.79 Å². The van der Waals surface area contributed by atoms with Gasteiger partial charge in [-0.2, -0.15) is 0 Å². The lowest BCUT2D eigenvalue weighted by molar-refractivity contribution is 0.0427. The van der Waals surface area contributed by atoms with Gasteiger partial charge in [0.05, 0.1) is 6.61 Å². The van der Waals surface area contributed by atoms with Gasteiger partial charge in [0, 0.05) is 6.61 Å². The van der Waals surface area contributed by atoms with E-state index in [1.807, 2.05) is 0 Å². The summed E-state index contributed by atoms with van der Waals surface area (Å²) in [5, 5.41) is 0. The van der Waals surface area contributed by atoms with Crippen molar-refractivity contribution < 1.29 is 19.0 Å². The number of hydrogen-bond acceptors (Lipinski definition) is 4. The zero-order chi connectivity index (χ0) is 9.23. The molecule has 0 saturated carbocycles. The van der Waals surface area contributed by atoms with E-state index in [9.17, 15) is 4.79 Å². The van der Waals surface area contributed by atoms with E-state index < -0.39 is 6.16 Å². The Labute approximate surface area is 72.8 Å². The summed E-state index contributed by atoms with van der Waals surface area (Å²) in [6.45, 7) is 3.42. The van der Waals surface area contributed by atoms with Gasteiger partial charge >= 0.3 is 6.16 Å². The van der Waals surface area contributed by atoms with Gasteiger partial charge in [-0.15, -0.1) is 0 Å². The molecule has 0 aliphatic rings. The Kier molecular flexibility index (Phi) is 7.79. The highest BCUT2D eigenvalue weighted by molar-refractivity contribution is 5.59. The highest BCUT2D eigenvalue weighted by Crippen LogP contribution is 1.88. The van der Waals surface area contributed by atoms with Crippen LogP contribution in [0.5, 0.6) is 0 Å². The Morgan fingerprint density at radius 2 is 2.08 bits per heavy atom. The minimum Gasteiger partial charge on any atom is -0.432 e. The van der Waals surface area contributed by atoms with Crippen LogP contribution in [0, 0.1) is 7.11 Å². The Morgan fingerprint density at radius 3 is 2.67 bits per heavy atom. The van der Waals surface area contributed by atoms with Gasteiger partial charge in [-0.05, 0) is 6.42 Å². The van der Waals surface area contributed by atoms with Crippen molar-refractivity contribution in [1.82, 2.24) is 0 Å². The number of ether oxygens (including phenoxy) is 3. The molecule has 0 amide bonds. The monoisotopic (exact) mass is 175 g/mol. The van der Waals surface area contributed by atoms with Crippen LogP contribution in [0.15, 0.2) is 0 Å². The maximum atomic E-state index is 10.3. The summed E-state index contributed by atoms with van der Waals surface area (Å²) in [6, 6.07) is 0. The topological polar surface area (TPSA) is 44.8 Å². The van der Waals surface area contributed by atoms with E-state index in [1.165, 1.54) is 0 Å². The highest BCUT2D eigenvalue weighted by atomic mass is 16.7. The van der Waals surface area contributed by atoms with Crippen molar-refractivity contribution in [2.45, 2.75) is 19.8 Å². The van der Waals surface area contributed by atoms with Crippen molar-refractivity contribution >= 4 is 6.16 Å². The SMILES string of the molecule is [CH2]OC(=O)OCCOCCCC. The first kappa shape index (κ1) is 11.2. The third-order valence-electron chi connectivity index (χ3n) is 1.21. The average Bonchev–Trinajstić information content (AvgIpc) is 2.10. The van der Waals surface area contributed by atoms with E-state index >= 15 is 0 Å². The predicted octanol–water partition coefficient (Wildman–Crippen LogP) is 1.75. The molecule has 4 nitrogen and oxygen atoms in total. The largest absolute Gasteiger partial charge is 0.508 e. The molecule has 12 heavy (non-hydrogen) atoms. The second-order valence-electron chi connectivity index (χ2n) is 2.21. The maximum Gasteiger partial charge on any atom is 0.508 e. The average molecular weight is 175 g/mol. The van der Waals surface area contributed by atoms with E-state index in [-0.39, 0.29) is 6.61 Å². The minimum atomic E-state index is -0.769. The molecule has 0 aliphatic carbocycles.